The van der Waals surface area contributed by atoms with Crippen molar-refractivity contribution in [2.45, 2.75) is 6.92 Å². The molecular weight excluding hydrogens is 526 g/mol. The van der Waals surface area contributed by atoms with E-state index in [2.05, 4.69) is 40.9 Å². The average Bonchev–Trinajstić information content (AvgIpc) is 3.47. The Bertz CT molecular complexity index is 2040. The third kappa shape index (κ3) is 4.76. The molecule has 3 aromatic heterocycles. The second-order valence-electron chi connectivity index (χ2n) is 8.84. The molecular formula is C27H21N11O3. The highest BCUT2D eigenvalue weighted by Crippen LogP contribution is 2.40. The number of carbonyl (C=O) groups excluding carboxylic acids is 1. The van der Waals surface area contributed by atoms with Gasteiger partial charge in [-0.3, -0.25) is 4.79 Å². The Labute approximate surface area is 230 Å². The monoisotopic (exact) mass is 547 g/mol. The Hall–Kier alpha value is -6.18. The number of aromatic nitrogens is 5. The lowest BCUT2D eigenvalue weighted by molar-refractivity contribution is -0.114. The van der Waals surface area contributed by atoms with Crippen LogP contribution in [0.1, 0.15) is 6.92 Å². The molecule has 1 amide bonds. The van der Waals surface area contributed by atoms with Gasteiger partial charge in [-0.05, 0) is 36.4 Å². The molecule has 0 aliphatic heterocycles. The van der Waals surface area contributed by atoms with Crippen LogP contribution in [0.5, 0.6) is 5.88 Å². The van der Waals surface area contributed by atoms with E-state index in [1.807, 2.05) is 6.07 Å². The number of nitrogen functional groups attached to an aromatic ring is 1. The fourth-order valence-electron chi connectivity index (χ4n) is 4.16. The Kier molecular flexibility index (Phi) is 6.24. The predicted molar refractivity (Wildman–Crippen MR) is 152 cm³/mol. The molecule has 41 heavy (non-hydrogen) atoms. The van der Waals surface area contributed by atoms with Crippen LogP contribution in [0, 0.1) is 0 Å². The number of imidazole rings is 1. The molecule has 3 aromatic carbocycles. The minimum absolute atomic E-state index is 0.0348. The van der Waals surface area contributed by atoms with Gasteiger partial charge in [0, 0.05) is 18.2 Å². The number of rotatable bonds is 6. The van der Waals surface area contributed by atoms with E-state index < -0.39 is 11.6 Å². The summed E-state index contributed by atoms with van der Waals surface area (Å²) in [5.41, 5.74) is 8.91. The number of H-pyrrole nitrogens is 1. The Balaban J connectivity index is 1.46. The molecule has 0 unspecified atom stereocenters. The number of benzene rings is 3. The number of hydrogen-bond acceptors (Lipinski definition) is 10. The first kappa shape index (κ1) is 25.1. The minimum Gasteiger partial charge on any atom is -0.492 e. The maximum Gasteiger partial charge on any atom is 0.348 e. The van der Waals surface area contributed by atoms with E-state index in [1.54, 1.807) is 72.8 Å². The van der Waals surface area contributed by atoms with Gasteiger partial charge in [-0.25, -0.2) is 9.78 Å². The summed E-state index contributed by atoms with van der Waals surface area (Å²) in [4.78, 5) is 31.2. The van der Waals surface area contributed by atoms with Gasteiger partial charge < -0.3 is 21.1 Å². The van der Waals surface area contributed by atoms with E-state index in [4.69, 9.17) is 5.73 Å². The van der Waals surface area contributed by atoms with Crippen molar-refractivity contribution in [3.8, 4) is 17.1 Å². The average molecular weight is 548 g/mol. The van der Waals surface area contributed by atoms with Crippen molar-refractivity contribution < 1.29 is 9.90 Å². The van der Waals surface area contributed by atoms with E-state index in [0.29, 0.717) is 28.0 Å². The summed E-state index contributed by atoms with van der Waals surface area (Å²) in [5, 5.41) is 34.9. The van der Waals surface area contributed by atoms with Crippen LogP contribution < -0.4 is 16.7 Å². The zero-order valence-electron chi connectivity index (χ0n) is 21.4. The molecule has 0 saturated heterocycles. The standard InChI is InChI=1S/C27H21N11O3/c1-15(39)29-17-11-13-18(14-12-17)32-33-23-24(28)35-38-25(23)31-21(16-7-3-2-4-8-16)22(26(38)40)34-36-37-20-10-6-5-9-19(20)30-27(37)41/h2-14,40H,1H3,(H2,28,35)(H,29,39)(H,30,41). The van der Waals surface area contributed by atoms with E-state index in [-0.39, 0.29) is 34.4 Å². The van der Waals surface area contributed by atoms with Gasteiger partial charge in [0.15, 0.2) is 22.8 Å². The molecule has 202 valence electrons. The van der Waals surface area contributed by atoms with Crippen LogP contribution in [0.3, 0.4) is 0 Å². The summed E-state index contributed by atoms with van der Waals surface area (Å²) in [6, 6.07) is 22.7. The fraction of sp³-hybridized carbons (Fsp3) is 0.0370. The summed E-state index contributed by atoms with van der Waals surface area (Å²) in [6.07, 6.45) is 0. The van der Waals surface area contributed by atoms with Crippen molar-refractivity contribution >= 4 is 51.2 Å². The summed E-state index contributed by atoms with van der Waals surface area (Å²) >= 11 is 0. The molecule has 0 aliphatic rings. The van der Waals surface area contributed by atoms with Crippen molar-refractivity contribution in [1.29, 1.82) is 0 Å². The van der Waals surface area contributed by atoms with Gasteiger partial charge in [-0.2, -0.15) is 14.3 Å². The van der Waals surface area contributed by atoms with Crippen LogP contribution in [0.4, 0.5) is 28.6 Å². The van der Waals surface area contributed by atoms with Gasteiger partial charge >= 0.3 is 5.69 Å². The lowest BCUT2D eigenvalue weighted by Crippen LogP contribution is -2.11. The van der Waals surface area contributed by atoms with Crippen LogP contribution >= 0.6 is 0 Å². The SMILES string of the molecule is CC(=O)Nc1ccc(N=Nc2c(N)nn3c(O)c(N=Nn4c(=O)[nH]c5ccccc54)c(-c4ccccc4)nc23)cc1. The van der Waals surface area contributed by atoms with Gasteiger partial charge in [0.1, 0.15) is 5.69 Å². The molecule has 14 heteroatoms. The van der Waals surface area contributed by atoms with Gasteiger partial charge in [0.25, 0.3) is 0 Å². The van der Waals surface area contributed by atoms with E-state index in [0.717, 1.165) is 9.19 Å². The zero-order valence-corrected chi connectivity index (χ0v) is 21.4. The number of aromatic amines is 1. The third-order valence-electron chi connectivity index (χ3n) is 6.02. The maximum absolute atomic E-state index is 12.5. The highest BCUT2D eigenvalue weighted by atomic mass is 16.3. The second kappa shape index (κ2) is 10.2. The molecule has 14 nitrogen and oxygen atoms in total. The first-order chi connectivity index (χ1) is 19.9. The van der Waals surface area contributed by atoms with Crippen molar-refractivity contribution in [3.63, 3.8) is 0 Å². The predicted octanol–water partition coefficient (Wildman–Crippen LogP) is 5.25. The molecule has 3 heterocycles. The number of fused-ring (bicyclic) bond motifs is 2. The first-order valence-corrected chi connectivity index (χ1v) is 12.3. The minimum atomic E-state index is -0.499. The molecule has 5 N–H and O–H groups in total. The number of carbonyl (C=O) groups is 1. The summed E-state index contributed by atoms with van der Waals surface area (Å²) in [6.45, 7) is 1.42. The fourth-order valence-corrected chi connectivity index (χ4v) is 4.16. The highest BCUT2D eigenvalue weighted by molar-refractivity contribution is 5.88. The van der Waals surface area contributed by atoms with Gasteiger partial charge in [-0.15, -0.1) is 15.3 Å². The number of nitrogens with two attached hydrogens (primary N) is 1. The van der Waals surface area contributed by atoms with Crippen molar-refractivity contribution in [2.24, 2.45) is 20.6 Å². The number of aromatic hydroxyl groups is 1. The molecule has 6 rings (SSSR count). The first-order valence-electron chi connectivity index (χ1n) is 12.3. The molecule has 0 atom stereocenters. The van der Waals surface area contributed by atoms with Crippen LogP contribution in [-0.2, 0) is 4.79 Å². The van der Waals surface area contributed by atoms with Crippen molar-refractivity contribution in [1.82, 2.24) is 24.3 Å². The number of anilines is 2. The second-order valence-corrected chi connectivity index (χ2v) is 8.84. The van der Waals surface area contributed by atoms with Gasteiger partial charge in [0.2, 0.25) is 11.8 Å². The maximum atomic E-state index is 12.5. The quantitative estimate of drug-likeness (QED) is 0.206. The summed E-state index contributed by atoms with van der Waals surface area (Å²) in [7, 11) is 0. The molecule has 6 aromatic rings. The molecule has 0 fully saturated rings. The summed E-state index contributed by atoms with van der Waals surface area (Å²) in [5.74, 6) is -0.642. The molecule has 0 saturated carbocycles. The summed E-state index contributed by atoms with van der Waals surface area (Å²) < 4.78 is 2.17. The molecule has 0 spiro atoms. The van der Waals surface area contributed by atoms with E-state index >= 15 is 0 Å². The lowest BCUT2D eigenvalue weighted by Gasteiger charge is -2.08. The van der Waals surface area contributed by atoms with Gasteiger partial charge in [0.05, 0.1) is 16.7 Å². The molecule has 0 radical (unpaired) electrons. The molecule has 0 bridgehead atoms. The van der Waals surface area contributed by atoms with Crippen molar-refractivity contribution in [2.75, 3.05) is 11.1 Å². The highest BCUT2D eigenvalue weighted by Gasteiger charge is 2.22. The van der Waals surface area contributed by atoms with Crippen LogP contribution in [0.15, 0.2) is 104 Å². The third-order valence-corrected chi connectivity index (χ3v) is 6.02. The normalized spacial score (nSPS) is 11.7. The lowest BCUT2D eigenvalue weighted by atomic mass is 10.1. The number of hydrogen-bond donors (Lipinski definition) is 4. The Morgan fingerprint density at radius 3 is 2.44 bits per heavy atom. The number of para-hydroxylation sites is 2. The Morgan fingerprint density at radius 1 is 0.951 bits per heavy atom. The van der Waals surface area contributed by atoms with Crippen molar-refractivity contribution in [3.05, 3.63) is 89.3 Å². The zero-order chi connectivity index (χ0) is 28.5. The topological polar surface area (TPSA) is 193 Å². The van der Waals surface area contributed by atoms with Gasteiger partial charge in [-0.1, -0.05) is 47.7 Å². The largest absolute Gasteiger partial charge is 0.492 e. The van der Waals surface area contributed by atoms with Crippen LogP contribution in [0.25, 0.3) is 27.9 Å². The smallest absolute Gasteiger partial charge is 0.348 e. The van der Waals surface area contributed by atoms with E-state index in [1.165, 1.54) is 6.92 Å². The van der Waals surface area contributed by atoms with Crippen LogP contribution in [-0.4, -0.2) is 35.3 Å². The number of azo groups is 1. The Morgan fingerprint density at radius 2 is 1.68 bits per heavy atom. The van der Waals surface area contributed by atoms with E-state index in [9.17, 15) is 14.7 Å². The molecule has 0 aliphatic carbocycles. The number of amides is 1. The van der Waals surface area contributed by atoms with Crippen LogP contribution in [0.2, 0.25) is 0 Å². The number of nitrogens with one attached hydrogen (secondary N) is 2. The number of nitrogens with zero attached hydrogens (tertiary/aromatic N) is 8.